The number of halogens is 3. The first-order valence-corrected chi connectivity index (χ1v) is 4.46. The molecule has 2 rings (SSSR count). The van der Waals surface area contributed by atoms with Crippen LogP contribution in [0.15, 0.2) is 18.3 Å². The van der Waals surface area contributed by atoms with Gasteiger partial charge in [0.15, 0.2) is 11.6 Å². The lowest BCUT2D eigenvalue weighted by atomic mass is 10.2. The van der Waals surface area contributed by atoms with Gasteiger partial charge in [0.25, 0.3) is 0 Å². The lowest BCUT2D eigenvalue weighted by Gasteiger charge is -2.02. The SMILES string of the molecule is O=[N+]([O-])c1cnc2c(F)c(F)ccc2c1Cl. The Labute approximate surface area is 92.6 Å². The van der Waals surface area contributed by atoms with Crippen LogP contribution < -0.4 is 0 Å². The molecule has 0 N–H and O–H groups in total. The number of nitrogens with zero attached hydrogens (tertiary/aromatic N) is 2. The largest absolute Gasteiger partial charge is 0.306 e. The molecule has 7 heteroatoms. The molecule has 0 fully saturated rings. The number of nitro groups is 1. The maximum atomic E-state index is 13.2. The zero-order chi connectivity index (χ0) is 11.9. The summed E-state index contributed by atoms with van der Waals surface area (Å²) in [5.41, 5.74) is -0.768. The van der Waals surface area contributed by atoms with Crippen LogP contribution in [-0.4, -0.2) is 9.91 Å². The molecular formula is C9H3ClF2N2O2. The normalized spacial score (nSPS) is 10.7. The molecule has 0 aliphatic rings. The Hall–Kier alpha value is -1.82. The van der Waals surface area contributed by atoms with Crippen molar-refractivity contribution < 1.29 is 13.7 Å². The van der Waals surface area contributed by atoms with E-state index in [4.69, 9.17) is 11.6 Å². The summed E-state index contributed by atoms with van der Waals surface area (Å²) in [6.45, 7) is 0. The van der Waals surface area contributed by atoms with Crippen LogP contribution in [0.1, 0.15) is 0 Å². The van der Waals surface area contributed by atoms with Gasteiger partial charge in [-0.3, -0.25) is 10.1 Å². The Morgan fingerprint density at radius 1 is 1.38 bits per heavy atom. The third-order valence-corrected chi connectivity index (χ3v) is 2.44. The van der Waals surface area contributed by atoms with Crippen molar-refractivity contribution in [1.82, 2.24) is 4.98 Å². The molecule has 0 aliphatic heterocycles. The number of benzene rings is 1. The minimum atomic E-state index is -1.17. The first kappa shape index (κ1) is 10.7. The van der Waals surface area contributed by atoms with E-state index in [1.165, 1.54) is 0 Å². The predicted octanol–water partition coefficient (Wildman–Crippen LogP) is 3.07. The number of hydrogen-bond donors (Lipinski definition) is 0. The summed E-state index contributed by atoms with van der Waals surface area (Å²) in [5.74, 6) is -2.25. The van der Waals surface area contributed by atoms with E-state index in [1.807, 2.05) is 0 Å². The highest BCUT2D eigenvalue weighted by atomic mass is 35.5. The van der Waals surface area contributed by atoms with Crippen molar-refractivity contribution in [2.24, 2.45) is 0 Å². The first-order valence-electron chi connectivity index (χ1n) is 4.09. The summed E-state index contributed by atoms with van der Waals surface area (Å²) in [4.78, 5) is 13.3. The fourth-order valence-corrected chi connectivity index (χ4v) is 1.56. The zero-order valence-corrected chi connectivity index (χ0v) is 8.33. The number of fused-ring (bicyclic) bond motifs is 1. The molecule has 0 amide bonds. The van der Waals surface area contributed by atoms with E-state index >= 15 is 0 Å². The molecule has 1 heterocycles. The molecule has 0 aliphatic carbocycles. The Kier molecular flexibility index (Phi) is 2.43. The molecule has 0 saturated carbocycles. The van der Waals surface area contributed by atoms with E-state index in [9.17, 15) is 18.9 Å². The van der Waals surface area contributed by atoms with E-state index in [1.54, 1.807) is 0 Å². The van der Waals surface area contributed by atoms with E-state index < -0.39 is 22.2 Å². The third-order valence-electron chi connectivity index (χ3n) is 2.04. The van der Waals surface area contributed by atoms with Crippen LogP contribution in [-0.2, 0) is 0 Å². The van der Waals surface area contributed by atoms with Crippen molar-refractivity contribution in [3.05, 3.63) is 45.1 Å². The highest BCUT2D eigenvalue weighted by Gasteiger charge is 2.19. The number of aromatic nitrogens is 1. The van der Waals surface area contributed by atoms with Crippen molar-refractivity contribution in [2.75, 3.05) is 0 Å². The van der Waals surface area contributed by atoms with Crippen LogP contribution in [0, 0.1) is 21.7 Å². The Balaban J connectivity index is 2.87. The average Bonchev–Trinajstić information content (AvgIpc) is 2.23. The van der Waals surface area contributed by atoms with Crippen LogP contribution in [0.2, 0.25) is 5.02 Å². The second kappa shape index (κ2) is 3.64. The summed E-state index contributed by atoms with van der Waals surface area (Å²) in [5, 5.41) is 10.3. The van der Waals surface area contributed by atoms with E-state index in [-0.39, 0.29) is 15.9 Å². The van der Waals surface area contributed by atoms with Gasteiger partial charge in [-0.1, -0.05) is 11.6 Å². The molecular weight excluding hydrogens is 242 g/mol. The molecule has 16 heavy (non-hydrogen) atoms. The van der Waals surface area contributed by atoms with E-state index in [0.717, 1.165) is 18.3 Å². The Morgan fingerprint density at radius 2 is 2.06 bits per heavy atom. The molecule has 82 valence electrons. The van der Waals surface area contributed by atoms with Gasteiger partial charge in [-0.05, 0) is 12.1 Å². The van der Waals surface area contributed by atoms with Gasteiger partial charge in [-0.15, -0.1) is 0 Å². The quantitative estimate of drug-likeness (QED) is 0.572. The molecule has 0 spiro atoms. The minimum Gasteiger partial charge on any atom is -0.258 e. The summed E-state index contributed by atoms with van der Waals surface area (Å²) in [7, 11) is 0. The predicted molar refractivity (Wildman–Crippen MR) is 53.3 cm³/mol. The highest BCUT2D eigenvalue weighted by Crippen LogP contribution is 2.32. The number of rotatable bonds is 1. The molecule has 1 aromatic heterocycles. The average molecular weight is 245 g/mol. The fraction of sp³-hybridized carbons (Fsp3) is 0. The summed E-state index contributed by atoms with van der Waals surface area (Å²) in [6, 6.07) is 1.99. The number of hydrogen-bond acceptors (Lipinski definition) is 3. The molecule has 0 bridgehead atoms. The lowest BCUT2D eigenvalue weighted by molar-refractivity contribution is -0.384. The second-order valence-corrected chi connectivity index (χ2v) is 3.35. The van der Waals surface area contributed by atoms with Crippen molar-refractivity contribution in [1.29, 1.82) is 0 Å². The monoisotopic (exact) mass is 244 g/mol. The maximum Gasteiger partial charge on any atom is 0.306 e. The maximum absolute atomic E-state index is 13.2. The molecule has 0 unspecified atom stereocenters. The standard InChI is InChI=1S/C9H3ClF2N2O2/c10-7-4-1-2-5(11)8(12)9(4)13-3-6(7)14(15)16/h1-3H. The van der Waals surface area contributed by atoms with Crippen LogP contribution in [0.5, 0.6) is 0 Å². The van der Waals surface area contributed by atoms with Gasteiger partial charge in [-0.2, -0.15) is 0 Å². The topological polar surface area (TPSA) is 56.0 Å². The third kappa shape index (κ3) is 1.47. The summed E-state index contributed by atoms with van der Waals surface area (Å²) < 4.78 is 26.1. The Morgan fingerprint density at radius 3 is 2.69 bits per heavy atom. The molecule has 2 aromatic rings. The van der Waals surface area contributed by atoms with Gasteiger partial charge >= 0.3 is 5.69 Å². The molecule has 4 nitrogen and oxygen atoms in total. The van der Waals surface area contributed by atoms with Crippen molar-refractivity contribution in [2.45, 2.75) is 0 Å². The molecule has 1 aromatic carbocycles. The van der Waals surface area contributed by atoms with Crippen LogP contribution >= 0.6 is 11.6 Å². The molecule has 0 radical (unpaired) electrons. The summed E-state index contributed by atoms with van der Waals surface area (Å²) in [6.07, 6.45) is 0.799. The molecule has 0 atom stereocenters. The van der Waals surface area contributed by atoms with Crippen LogP contribution in [0.4, 0.5) is 14.5 Å². The lowest BCUT2D eigenvalue weighted by Crippen LogP contribution is -1.95. The van der Waals surface area contributed by atoms with Crippen molar-refractivity contribution >= 4 is 28.2 Å². The summed E-state index contributed by atoms with van der Waals surface area (Å²) >= 11 is 5.69. The second-order valence-electron chi connectivity index (χ2n) is 2.97. The van der Waals surface area contributed by atoms with Crippen molar-refractivity contribution in [3.63, 3.8) is 0 Å². The van der Waals surface area contributed by atoms with Crippen LogP contribution in [0.25, 0.3) is 10.9 Å². The van der Waals surface area contributed by atoms with Gasteiger partial charge in [0.1, 0.15) is 16.7 Å². The van der Waals surface area contributed by atoms with E-state index in [2.05, 4.69) is 4.98 Å². The van der Waals surface area contributed by atoms with E-state index in [0.29, 0.717) is 0 Å². The number of pyridine rings is 1. The van der Waals surface area contributed by atoms with Crippen molar-refractivity contribution in [3.8, 4) is 0 Å². The van der Waals surface area contributed by atoms with Crippen LogP contribution in [0.3, 0.4) is 0 Å². The zero-order valence-electron chi connectivity index (χ0n) is 7.58. The smallest absolute Gasteiger partial charge is 0.258 e. The first-order chi connectivity index (χ1) is 7.52. The highest BCUT2D eigenvalue weighted by molar-refractivity contribution is 6.37. The van der Waals surface area contributed by atoms with Gasteiger partial charge in [0.05, 0.1) is 4.92 Å². The van der Waals surface area contributed by atoms with Gasteiger partial charge < -0.3 is 0 Å². The Bertz CT molecular complexity index is 604. The van der Waals surface area contributed by atoms with Gasteiger partial charge in [-0.25, -0.2) is 13.8 Å². The molecule has 0 saturated heterocycles. The van der Waals surface area contributed by atoms with Gasteiger partial charge in [0, 0.05) is 5.39 Å². The van der Waals surface area contributed by atoms with Gasteiger partial charge in [0.2, 0.25) is 0 Å². The fourth-order valence-electron chi connectivity index (χ4n) is 1.29. The minimum absolute atomic E-state index is 0.00904.